The fourth-order valence-corrected chi connectivity index (χ4v) is 3.96. The summed E-state index contributed by atoms with van der Waals surface area (Å²) in [5.74, 6) is 1.04. The highest BCUT2D eigenvalue weighted by molar-refractivity contribution is 6.31. The SMILES string of the molecule is CCc1nc2ccccc2n1Oc1cc(F)c(Cc2c[nH]c3ncc(Cl)cc23)cc1OC. The van der Waals surface area contributed by atoms with Crippen LogP contribution < -0.4 is 9.57 Å². The van der Waals surface area contributed by atoms with E-state index in [4.69, 9.17) is 21.2 Å². The van der Waals surface area contributed by atoms with Crippen LogP contribution in [-0.4, -0.2) is 26.8 Å². The van der Waals surface area contributed by atoms with E-state index in [-0.39, 0.29) is 5.75 Å². The monoisotopic (exact) mass is 450 g/mol. The Morgan fingerprint density at radius 1 is 1.12 bits per heavy atom. The summed E-state index contributed by atoms with van der Waals surface area (Å²) in [5.41, 5.74) is 3.68. The van der Waals surface area contributed by atoms with Gasteiger partial charge in [0.1, 0.15) is 22.8 Å². The van der Waals surface area contributed by atoms with Gasteiger partial charge in [-0.15, -0.1) is 0 Å². The molecule has 32 heavy (non-hydrogen) atoms. The van der Waals surface area contributed by atoms with E-state index in [0.29, 0.717) is 34.8 Å². The molecule has 3 aromatic heterocycles. The minimum Gasteiger partial charge on any atom is -0.493 e. The van der Waals surface area contributed by atoms with Crippen molar-refractivity contribution in [1.82, 2.24) is 19.7 Å². The van der Waals surface area contributed by atoms with Crippen molar-refractivity contribution in [2.45, 2.75) is 19.8 Å². The van der Waals surface area contributed by atoms with Crippen molar-refractivity contribution in [1.29, 1.82) is 0 Å². The lowest BCUT2D eigenvalue weighted by molar-refractivity contribution is 0.205. The number of aromatic amines is 1. The summed E-state index contributed by atoms with van der Waals surface area (Å²) in [4.78, 5) is 18.0. The number of aryl methyl sites for hydroxylation is 1. The van der Waals surface area contributed by atoms with Crippen molar-refractivity contribution >= 4 is 33.7 Å². The number of nitrogens with one attached hydrogen (secondary N) is 1. The normalized spacial score (nSPS) is 11.4. The van der Waals surface area contributed by atoms with Gasteiger partial charge in [0.05, 0.1) is 17.6 Å². The molecule has 0 fully saturated rings. The van der Waals surface area contributed by atoms with E-state index in [1.807, 2.05) is 43.5 Å². The van der Waals surface area contributed by atoms with E-state index in [2.05, 4.69) is 15.0 Å². The molecule has 0 aliphatic carbocycles. The van der Waals surface area contributed by atoms with E-state index >= 15 is 4.39 Å². The number of para-hydroxylation sites is 2. The Bertz CT molecular complexity index is 1440. The van der Waals surface area contributed by atoms with Crippen LogP contribution in [0, 0.1) is 5.82 Å². The third kappa shape index (κ3) is 3.54. The first-order valence-corrected chi connectivity index (χ1v) is 10.6. The lowest BCUT2D eigenvalue weighted by Gasteiger charge is -2.15. The third-order valence-corrected chi connectivity index (χ3v) is 5.59. The first-order valence-electron chi connectivity index (χ1n) is 10.2. The molecule has 0 aliphatic heterocycles. The molecule has 0 amide bonds. The quantitative estimate of drug-likeness (QED) is 0.360. The zero-order chi connectivity index (χ0) is 22.2. The molecule has 0 radical (unpaired) electrons. The highest BCUT2D eigenvalue weighted by Crippen LogP contribution is 2.33. The molecule has 2 aromatic carbocycles. The number of imidazole rings is 1. The van der Waals surface area contributed by atoms with E-state index in [1.165, 1.54) is 13.2 Å². The van der Waals surface area contributed by atoms with E-state index in [0.717, 1.165) is 27.8 Å². The smallest absolute Gasteiger partial charge is 0.200 e. The molecule has 0 spiro atoms. The number of rotatable bonds is 6. The van der Waals surface area contributed by atoms with Crippen molar-refractivity contribution in [3.63, 3.8) is 0 Å². The molecule has 1 N–H and O–H groups in total. The third-order valence-electron chi connectivity index (χ3n) is 5.39. The summed E-state index contributed by atoms with van der Waals surface area (Å²) in [7, 11) is 1.53. The molecule has 8 heteroatoms. The first kappa shape index (κ1) is 20.3. The van der Waals surface area contributed by atoms with Crippen molar-refractivity contribution < 1.29 is 14.0 Å². The molecule has 0 aliphatic rings. The largest absolute Gasteiger partial charge is 0.493 e. The molecule has 162 valence electrons. The summed E-state index contributed by atoms with van der Waals surface area (Å²) in [6, 6.07) is 12.5. The number of pyridine rings is 1. The maximum absolute atomic E-state index is 15.2. The number of H-pyrrole nitrogens is 1. The lowest BCUT2D eigenvalue weighted by Crippen LogP contribution is -2.10. The fraction of sp³-hybridized carbons (Fsp3) is 0.167. The number of hydrogen-bond acceptors (Lipinski definition) is 4. The van der Waals surface area contributed by atoms with Gasteiger partial charge in [-0.1, -0.05) is 30.7 Å². The second-order valence-electron chi connectivity index (χ2n) is 7.39. The Morgan fingerprint density at radius 3 is 2.78 bits per heavy atom. The van der Waals surface area contributed by atoms with Gasteiger partial charge in [-0.05, 0) is 35.4 Å². The maximum Gasteiger partial charge on any atom is 0.200 e. The Balaban J connectivity index is 1.52. The number of fused-ring (bicyclic) bond motifs is 2. The zero-order valence-corrected chi connectivity index (χ0v) is 18.3. The van der Waals surface area contributed by atoms with Gasteiger partial charge >= 0.3 is 0 Å². The van der Waals surface area contributed by atoms with Gasteiger partial charge < -0.3 is 14.6 Å². The summed E-state index contributed by atoms with van der Waals surface area (Å²) in [6.45, 7) is 1.99. The summed E-state index contributed by atoms with van der Waals surface area (Å²) < 4.78 is 22.3. The molecule has 5 rings (SSSR count). The van der Waals surface area contributed by atoms with Crippen LogP contribution in [0.5, 0.6) is 11.5 Å². The molecule has 6 nitrogen and oxygen atoms in total. The Kier molecular flexibility index (Phi) is 5.19. The van der Waals surface area contributed by atoms with Crippen LogP contribution in [0.4, 0.5) is 4.39 Å². The second kappa shape index (κ2) is 8.16. The maximum atomic E-state index is 15.2. The Morgan fingerprint density at radius 2 is 1.97 bits per heavy atom. The number of aromatic nitrogens is 4. The molecule has 0 unspecified atom stereocenters. The van der Waals surface area contributed by atoms with E-state index in [1.54, 1.807) is 17.0 Å². The van der Waals surface area contributed by atoms with Crippen molar-refractivity contribution in [2.24, 2.45) is 0 Å². The highest BCUT2D eigenvalue weighted by Gasteiger charge is 2.18. The number of ether oxygens (including phenoxy) is 1. The van der Waals surface area contributed by atoms with Crippen molar-refractivity contribution in [2.75, 3.05) is 7.11 Å². The molecule has 0 saturated heterocycles. The average Bonchev–Trinajstić information content (AvgIpc) is 3.36. The molecule has 3 heterocycles. The van der Waals surface area contributed by atoms with Gasteiger partial charge in [-0.25, -0.2) is 14.4 Å². The van der Waals surface area contributed by atoms with E-state index in [9.17, 15) is 0 Å². The number of benzene rings is 2. The Labute approximate surface area is 188 Å². The number of hydrogen-bond donors (Lipinski definition) is 1. The van der Waals surface area contributed by atoms with Crippen LogP contribution in [0.15, 0.2) is 54.9 Å². The van der Waals surface area contributed by atoms with Gasteiger partial charge in [0.15, 0.2) is 5.75 Å². The van der Waals surface area contributed by atoms with Crippen LogP contribution in [-0.2, 0) is 12.8 Å². The van der Waals surface area contributed by atoms with E-state index < -0.39 is 5.82 Å². The van der Waals surface area contributed by atoms with Crippen molar-refractivity contribution in [3.05, 3.63) is 82.6 Å². The topological polar surface area (TPSA) is 65.0 Å². The number of nitrogens with zero attached hydrogens (tertiary/aromatic N) is 3. The lowest BCUT2D eigenvalue weighted by atomic mass is 10.0. The predicted octanol–water partition coefficient (Wildman–Crippen LogP) is 5.71. The summed E-state index contributed by atoms with van der Waals surface area (Å²) >= 11 is 6.09. The van der Waals surface area contributed by atoms with Gasteiger partial charge in [-0.2, -0.15) is 4.73 Å². The summed E-state index contributed by atoms with van der Waals surface area (Å²) in [5, 5.41) is 1.38. The first-order chi connectivity index (χ1) is 15.6. The van der Waals surface area contributed by atoms with Gasteiger partial charge in [0.25, 0.3) is 0 Å². The van der Waals surface area contributed by atoms with Crippen molar-refractivity contribution in [3.8, 4) is 11.5 Å². The molecule has 0 atom stereocenters. The predicted molar refractivity (Wildman–Crippen MR) is 122 cm³/mol. The molecule has 5 aromatic rings. The van der Waals surface area contributed by atoms with Gasteiger partial charge in [0, 0.05) is 36.7 Å². The second-order valence-corrected chi connectivity index (χ2v) is 7.83. The standard InChI is InChI=1S/C24H20ClFN4O2/c1-3-23-29-19-6-4-5-7-20(19)30(23)32-22-11-18(26)14(9-21(22)31-2)8-15-12-27-24-17(15)10-16(25)13-28-24/h4-7,9-13H,3,8H2,1-2H3,(H,27,28). The van der Waals surface area contributed by atoms with Gasteiger partial charge in [-0.3, -0.25) is 0 Å². The molecular formula is C24H20ClFN4O2. The highest BCUT2D eigenvalue weighted by atomic mass is 35.5. The van der Waals surface area contributed by atoms with Crippen LogP contribution in [0.2, 0.25) is 5.02 Å². The van der Waals surface area contributed by atoms with Crippen LogP contribution in [0.25, 0.3) is 22.1 Å². The van der Waals surface area contributed by atoms with Crippen LogP contribution in [0.3, 0.4) is 0 Å². The average molecular weight is 451 g/mol. The van der Waals surface area contributed by atoms with Crippen LogP contribution in [0.1, 0.15) is 23.9 Å². The van der Waals surface area contributed by atoms with Gasteiger partial charge in [0.2, 0.25) is 5.75 Å². The van der Waals surface area contributed by atoms with Crippen LogP contribution >= 0.6 is 11.6 Å². The summed E-state index contributed by atoms with van der Waals surface area (Å²) in [6.07, 6.45) is 4.40. The minimum absolute atomic E-state index is 0.273. The number of halogens is 2. The minimum atomic E-state index is -0.396. The number of methoxy groups -OCH3 is 1. The molecular weight excluding hydrogens is 431 g/mol. The molecule has 0 saturated carbocycles. The fourth-order valence-electron chi connectivity index (χ4n) is 3.80. The Hall–Kier alpha value is -3.58. The zero-order valence-electron chi connectivity index (χ0n) is 17.5. The molecule has 0 bridgehead atoms.